The standard InChI is InChI=1S/C15H15N3O2S2/c1-3-8-18-11-5-4-10(21-2)9-13(11)22-15(18)17-14(19)12-6-7-16-20-12/h4-7,9H,3,8H2,1-2H3. The van der Waals surface area contributed by atoms with E-state index in [9.17, 15) is 4.79 Å². The number of carbonyl (C=O) groups excluding carboxylic acids is 1. The van der Waals surface area contributed by atoms with Gasteiger partial charge in [0.1, 0.15) is 0 Å². The first-order valence-corrected chi connectivity index (χ1v) is 8.94. The van der Waals surface area contributed by atoms with Crippen molar-refractivity contribution in [2.45, 2.75) is 24.8 Å². The highest BCUT2D eigenvalue weighted by atomic mass is 32.2. The Hall–Kier alpha value is -1.86. The van der Waals surface area contributed by atoms with Crippen LogP contribution < -0.4 is 4.80 Å². The van der Waals surface area contributed by atoms with E-state index < -0.39 is 5.91 Å². The second kappa shape index (κ2) is 6.50. The van der Waals surface area contributed by atoms with Crippen molar-refractivity contribution in [2.75, 3.05) is 6.26 Å². The van der Waals surface area contributed by atoms with Crippen LogP contribution in [0.5, 0.6) is 0 Å². The van der Waals surface area contributed by atoms with Gasteiger partial charge < -0.3 is 9.09 Å². The average Bonchev–Trinajstić information content (AvgIpc) is 3.16. The van der Waals surface area contributed by atoms with Gasteiger partial charge in [-0.1, -0.05) is 23.4 Å². The number of benzene rings is 1. The van der Waals surface area contributed by atoms with Crippen molar-refractivity contribution in [3.05, 3.63) is 41.0 Å². The molecule has 1 amide bonds. The smallest absolute Gasteiger partial charge is 0.318 e. The summed E-state index contributed by atoms with van der Waals surface area (Å²) in [5.74, 6) is -0.246. The van der Waals surface area contributed by atoms with E-state index in [1.165, 1.54) is 28.5 Å². The molecule has 22 heavy (non-hydrogen) atoms. The minimum Gasteiger partial charge on any atom is -0.351 e. The van der Waals surface area contributed by atoms with Crippen LogP contribution in [0.1, 0.15) is 23.9 Å². The van der Waals surface area contributed by atoms with Crippen molar-refractivity contribution in [1.29, 1.82) is 0 Å². The van der Waals surface area contributed by atoms with Crippen LogP contribution in [0.2, 0.25) is 0 Å². The van der Waals surface area contributed by atoms with Crippen LogP contribution in [0.3, 0.4) is 0 Å². The quantitative estimate of drug-likeness (QED) is 0.685. The molecule has 2 heterocycles. The van der Waals surface area contributed by atoms with Gasteiger partial charge in [-0.25, -0.2) is 0 Å². The maximum atomic E-state index is 12.1. The Kier molecular flexibility index (Phi) is 4.44. The van der Waals surface area contributed by atoms with E-state index in [1.807, 2.05) is 6.26 Å². The van der Waals surface area contributed by atoms with Gasteiger partial charge in [-0.15, -0.1) is 11.8 Å². The summed E-state index contributed by atoms with van der Waals surface area (Å²) in [5.41, 5.74) is 1.11. The SMILES string of the molecule is CCCn1c(=NC(=O)c2ccno2)sc2cc(SC)ccc21. The summed E-state index contributed by atoms with van der Waals surface area (Å²) in [7, 11) is 0. The number of nitrogens with zero attached hydrogens (tertiary/aromatic N) is 3. The number of amides is 1. The number of aromatic nitrogens is 2. The Morgan fingerprint density at radius 1 is 1.45 bits per heavy atom. The van der Waals surface area contributed by atoms with Crippen LogP contribution in [-0.4, -0.2) is 21.9 Å². The lowest BCUT2D eigenvalue weighted by molar-refractivity contribution is 0.0962. The summed E-state index contributed by atoms with van der Waals surface area (Å²) >= 11 is 3.22. The first kappa shape index (κ1) is 15.1. The maximum Gasteiger partial charge on any atom is 0.318 e. The topological polar surface area (TPSA) is 60.4 Å². The van der Waals surface area contributed by atoms with Crippen LogP contribution in [0.15, 0.2) is 44.9 Å². The number of hydrogen-bond acceptors (Lipinski definition) is 5. The Balaban J connectivity index is 2.15. The molecule has 0 N–H and O–H groups in total. The molecule has 2 aromatic heterocycles. The van der Waals surface area contributed by atoms with Gasteiger partial charge in [-0.3, -0.25) is 4.79 Å². The summed E-state index contributed by atoms with van der Waals surface area (Å²) < 4.78 is 8.09. The van der Waals surface area contributed by atoms with Crippen molar-refractivity contribution in [3.8, 4) is 0 Å². The van der Waals surface area contributed by atoms with Crippen molar-refractivity contribution in [1.82, 2.24) is 9.72 Å². The molecule has 0 aliphatic carbocycles. The molecule has 3 aromatic rings. The molecular weight excluding hydrogens is 318 g/mol. The third-order valence-corrected chi connectivity index (χ3v) is 4.95. The lowest BCUT2D eigenvalue weighted by Crippen LogP contribution is -2.16. The lowest BCUT2D eigenvalue weighted by atomic mass is 10.3. The molecule has 0 fully saturated rings. The van der Waals surface area contributed by atoms with E-state index in [0.717, 1.165) is 23.2 Å². The van der Waals surface area contributed by atoms with Crippen LogP contribution in [0.4, 0.5) is 0 Å². The second-order valence-electron chi connectivity index (χ2n) is 4.66. The van der Waals surface area contributed by atoms with E-state index in [1.54, 1.807) is 11.8 Å². The number of rotatable bonds is 4. The van der Waals surface area contributed by atoms with Gasteiger partial charge in [0.15, 0.2) is 4.80 Å². The van der Waals surface area contributed by atoms with Gasteiger partial charge in [0.05, 0.1) is 16.4 Å². The average molecular weight is 333 g/mol. The highest BCUT2D eigenvalue weighted by molar-refractivity contribution is 7.98. The monoisotopic (exact) mass is 333 g/mol. The van der Waals surface area contributed by atoms with Gasteiger partial charge >= 0.3 is 5.91 Å². The molecule has 0 bridgehead atoms. The zero-order valence-corrected chi connectivity index (χ0v) is 13.9. The van der Waals surface area contributed by atoms with E-state index >= 15 is 0 Å². The van der Waals surface area contributed by atoms with Crippen LogP contribution in [0, 0.1) is 0 Å². The van der Waals surface area contributed by atoms with Crippen molar-refractivity contribution in [3.63, 3.8) is 0 Å². The zero-order valence-electron chi connectivity index (χ0n) is 12.3. The summed E-state index contributed by atoms with van der Waals surface area (Å²) in [6.45, 7) is 2.93. The minimum absolute atomic E-state index is 0.158. The van der Waals surface area contributed by atoms with E-state index in [4.69, 9.17) is 4.52 Å². The van der Waals surface area contributed by atoms with Crippen molar-refractivity contribution >= 4 is 39.2 Å². The van der Waals surface area contributed by atoms with E-state index in [2.05, 4.69) is 39.8 Å². The molecular formula is C15H15N3O2S2. The molecule has 0 unspecified atom stereocenters. The Labute approximate surface area is 135 Å². The van der Waals surface area contributed by atoms with Gasteiger partial charge in [-0.2, -0.15) is 4.99 Å². The Morgan fingerprint density at radius 2 is 2.32 bits per heavy atom. The third-order valence-electron chi connectivity index (χ3n) is 3.18. The molecule has 114 valence electrons. The van der Waals surface area contributed by atoms with Gasteiger partial charge in [0, 0.05) is 17.5 Å². The molecule has 0 radical (unpaired) electrons. The molecule has 0 aliphatic heterocycles. The molecule has 3 rings (SSSR count). The third kappa shape index (κ3) is 2.86. The normalized spacial score (nSPS) is 12.2. The first-order chi connectivity index (χ1) is 10.7. The fourth-order valence-electron chi connectivity index (χ4n) is 2.17. The summed E-state index contributed by atoms with van der Waals surface area (Å²) in [6.07, 6.45) is 4.46. The second-order valence-corrected chi connectivity index (χ2v) is 6.55. The summed E-state index contributed by atoms with van der Waals surface area (Å²) in [5, 5.41) is 3.55. The fraction of sp³-hybridized carbons (Fsp3) is 0.267. The fourth-order valence-corrected chi connectivity index (χ4v) is 3.78. The number of aryl methyl sites for hydroxylation is 1. The van der Waals surface area contributed by atoms with Crippen molar-refractivity contribution in [2.24, 2.45) is 4.99 Å². The molecule has 7 heteroatoms. The highest BCUT2D eigenvalue weighted by Gasteiger charge is 2.11. The molecule has 0 spiro atoms. The van der Waals surface area contributed by atoms with Gasteiger partial charge in [-0.05, 0) is 30.9 Å². The Bertz CT molecular complexity index is 863. The first-order valence-electron chi connectivity index (χ1n) is 6.90. The number of fused-ring (bicyclic) bond motifs is 1. The van der Waals surface area contributed by atoms with E-state index in [-0.39, 0.29) is 5.76 Å². The predicted molar refractivity (Wildman–Crippen MR) is 88.3 cm³/mol. The molecule has 0 aliphatic rings. The lowest BCUT2D eigenvalue weighted by Gasteiger charge is -2.02. The molecule has 0 saturated carbocycles. The van der Waals surface area contributed by atoms with E-state index in [0.29, 0.717) is 4.80 Å². The van der Waals surface area contributed by atoms with Gasteiger partial charge in [0.25, 0.3) is 0 Å². The van der Waals surface area contributed by atoms with Crippen molar-refractivity contribution < 1.29 is 9.32 Å². The van der Waals surface area contributed by atoms with Gasteiger partial charge in [0.2, 0.25) is 5.76 Å². The Morgan fingerprint density at radius 3 is 3.00 bits per heavy atom. The highest BCUT2D eigenvalue weighted by Crippen LogP contribution is 2.24. The van der Waals surface area contributed by atoms with Crippen LogP contribution in [-0.2, 0) is 6.54 Å². The van der Waals surface area contributed by atoms with Crippen LogP contribution >= 0.6 is 23.1 Å². The largest absolute Gasteiger partial charge is 0.351 e. The molecule has 0 saturated heterocycles. The summed E-state index contributed by atoms with van der Waals surface area (Å²) in [6, 6.07) is 7.84. The number of carbonyl (C=O) groups is 1. The predicted octanol–water partition coefficient (Wildman–Crippen LogP) is 3.56. The number of thiazole rings is 1. The maximum absolute atomic E-state index is 12.1. The van der Waals surface area contributed by atoms with Crippen LogP contribution in [0.25, 0.3) is 10.2 Å². The zero-order chi connectivity index (χ0) is 15.5. The minimum atomic E-state index is -0.404. The number of thioether (sulfide) groups is 1. The molecule has 5 nitrogen and oxygen atoms in total. The molecule has 1 aromatic carbocycles. The number of hydrogen-bond donors (Lipinski definition) is 0. The molecule has 0 atom stereocenters. The summed E-state index contributed by atoms with van der Waals surface area (Å²) in [4.78, 5) is 18.2.